The standard InChI is InChI=1S/C12H18N2O2/c13-10-7-14(11(8-15)12(10)16)6-9-4-2-1-3-5-9/h1-5,10-12,15-16H,6-8,13H2/t10-,11+,12-/m0/s1. The number of rotatable bonds is 3. The molecule has 4 nitrogen and oxygen atoms in total. The smallest absolute Gasteiger partial charge is 0.0880 e. The van der Waals surface area contributed by atoms with Gasteiger partial charge in [-0.05, 0) is 5.56 Å². The molecule has 0 amide bonds. The van der Waals surface area contributed by atoms with Crippen molar-refractivity contribution in [3.8, 4) is 0 Å². The van der Waals surface area contributed by atoms with E-state index in [1.165, 1.54) is 5.56 Å². The number of hydrogen-bond acceptors (Lipinski definition) is 4. The minimum atomic E-state index is -0.631. The van der Waals surface area contributed by atoms with Crippen molar-refractivity contribution in [3.63, 3.8) is 0 Å². The summed E-state index contributed by atoms with van der Waals surface area (Å²) in [5.74, 6) is 0. The average Bonchev–Trinajstić information content (AvgIpc) is 2.56. The van der Waals surface area contributed by atoms with Gasteiger partial charge in [-0.2, -0.15) is 0 Å². The van der Waals surface area contributed by atoms with Gasteiger partial charge in [0, 0.05) is 19.1 Å². The number of likely N-dealkylation sites (tertiary alicyclic amines) is 1. The summed E-state index contributed by atoms with van der Waals surface area (Å²) in [7, 11) is 0. The quantitative estimate of drug-likeness (QED) is 0.648. The molecule has 1 aliphatic rings. The van der Waals surface area contributed by atoms with Gasteiger partial charge in [-0.3, -0.25) is 4.90 Å². The summed E-state index contributed by atoms with van der Waals surface area (Å²) < 4.78 is 0. The SMILES string of the molecule is N[C@H]1CN(Cc2ccccc2)[C@H](CO)[C@H]1O. The zero-order valence-electron chi connectivity index (χ0n) is 9.16. The number of nitrogens with zero attached hydrogens (tertiary/aromatic N) is 1. The van der Waals surface area contributed by atoms with E-state index in [4.69, 9.17) is 5.73 Å². The number of benzene rings is 1. The van der Waals surface area contributed by atoms with Crippen LogP contribution in [0.2, 0.25) is 0 Å². The summed E-state index contributed by atoms with van der Waals surface area (Å²) in [6.45, 7) is 1.29. The lowest BCUT2D eigenvalue weighted by Crippen LogP contribution is -2.40. The molecule has 0 saturated carbocycles. The van der Waals surface area contributed by atoms with Crippen molar-refractivity contribution in [1.82, 2.24) is 4.90 Å². The van der Waals surface area contributed by atoms with Gasteiger partial charge in [-0.15, -0.1) is 0 Å². The van der Waals surface area contributed by atoms with E-state index in [0.717, 1.165) is 6.54 Å². The lowest BCUT2D eigenvalue weighted by atomic mass is 10.1. The fourth-order valence-electron chi connectivity index (χ4n) is 2.24. The third-order valence-electron chi connectivity index (χ3n) is 3.16. The van der Waals surface area contributed by atoms with Crippen molar-refractivity contribution in [1.29, 1.82) is 0 Å². The predicted molar refractivity (Wildman–Crippen MR) is 61.7 cm³/mol. The van der Waals surface area contributed by atoms with Crippen LogP contribution in [0.5, 0.6) is 0 Å². The Kier molecular flexibility index (Phi) is 3.56. The minimum absolute atomic E-state index is 0.0539. The highest BCUT2D eigenvalue weighted by Crippen LogP contribution is 2.19. The van der Waals surface area contributed by atoms with E-state index in [1.807, 2.05) is 35.2 Å². The number of hydrogen-bond donors (Lipinski definition) is 3. The Morgan fingerprint density at radius 2 is 2.00 bits per heavy atom. The maximum absolute atomic E-state index is 9.78. The Bertz CT molecular complexity index is 331. The Labute approximate surface area is 95.3 Å². The first-order valence-corrected chi connectivity index (χ1v) is 5.55. The molecular formula is C12H18N2O2. The zero-order chi connectivity index (χ0) is 11.5. The van der Waals surface area contributed by atoms with Gasteiger partial charge >= 0.3 is 0 Å². The number of aliphatic hydroxyl groups excluding tert-OH is 2. The van der Waals surface area contributed by atoms with Crippen LogP contribution in [0.4, 0.5) is 0 Å². The second-order valence-corrected chi connectivity index (χ2v) is 4.32. The minimum Gasteiger partial charge on any atom is -0.395 e. The second-order valence-electron chi connectivity index (χ2n) is 4.32. The van der Waals surface area contributed by atoms with Gasteiger partial charge in [-0.25, -0.2) is 0 Å². The summed E-state index contributed by atoms with van der Waals surface area (Å²) in [4.78, 5) is 2.03. The summed E-state index contributed by atoms with van der Waals surface area (Å²) in [6.07, 6.45) is -0.631. The van der Waals surface area contributed by atoms with E-state index in [0.29, 0.717) is 6.54 Å². The van der Waals surface area contributed by atoms with Gasteiger partial charge in [-0.1, -0.05) is 30.3 Å². The van der Waals surface area contributed by atoms with Crippen molar-refractivity contribution in [3.05, 3.63) is 35.9 Å². The van der Waals surface area contributed by atoms with E-state index in [-0.39, 0.29) is 18.7 Å². The summed E-state index contributed by atoms with van der Waals surface area (Å²) in [5, 5.41) is 19.0. The molecular weight excluding hydrogens is 204 g/mol. The van der Waals surface area contributed by atoms with Crippen molar-refractivity contribution >= 4 is 0 Å². The van der Waals surface area contributed by atoms with Crippen molar-refractivity contribution < 1.29 is 10.2 Å². The number of nitrogens with two attached hydrogens (primary N) is 1. The van der Waals surface area contributed by atoms with Gasteiger partial charge in [0.1, 0.15) is 0 Å². The fraction of sp³-hybridized carbons (Fsp3) is 0.500. The molecule has 1 aromatic carbocycles. The lowest BCUT2D eigenvalue weighted by Gasteiger charge is -2.23. The molecule has 0 aliphatic carbocycles. The molecule has 0 aromatic heterocycles. The van der Waals surface area contributed by atoms with Crippen LogP contribution in [0.3, 0.4) is 0 Å². The van der Waals surface area contributed by atoms with Crippen molar-refractivity contribution in [2.45, 2.75) is 24.7 Å². The molecule has 1 saturated heterocycles. The van der Waals surface area contributed by atoms with E-state index in [9.17, 15) is 10.2 Å². The maximum Gasteiger partial charge on any atom is 0.0880 e. The Morgan fingerprint density at radius 1 is 1.31 bits per heavy atom. The monoisotopic (exact) mass is 222 g/mol. The van der Waals surface area contributed by atoms with E-state index >= 15 is 0 Å². The van der Waals surface area contributed by atoms with Crippen LogP contribution in [-0.4, -0.2) is 46.5 Å². The van der Waals surface area contributed by atoms with Crippen LogP contribution in [0.15, 0.2) is 30.3 Å². The van der Waals surface area contributed by atoms with Crippen LogP contribution in [0.25, 0.3) is 0 Å². The lowest BCUT2D eigenvalue weighted by molar-refractivity contribution is 0.0646. The molecule has 88 valence electrons. The average molecular weight is 222 g/mol. The van der Waals surface area contributed by atoms with E-state index in [2.05, 4.69) is 0 Å². The van der Waals surface area contributed by atoms with Crippen LogP contribution >= 0.6 is 0 Å². The molecule has 1 aromatic rings. The van der Waals surface area contributed by atoms with Gasteiger partial charge in [0.05, 0.1) is 18.8 Å². The third kappa shape index (κ3) is 2.25. The molecule has 4 heteroatoms. The van der Waals surface area contributed by atoms with Crippen molar-refractivity contribution in [2.24, 2.45) is 5.73 Å². The Balaban J connectivity index is 2.05. The fourth-order valence-corrected chi connectivity index (χ4v) is 2.24. The molecule has 1 aliphatic heterocycles. The highest BCUT2D eigenvalue weighted by Gasteiger charge is 2.37. The normalized spacial score (nSPS) is 30.8. The van der Waals surface area contributed by atoms with Gasteiger partial charge in [0.25, 0.3) is 0 Å². The first-order chi connectivity index (χ1) is 7.72. The Hall–Kier alpha value is -0.940. The zero-order valence-corrected chi connectivity index (χ0v) is 9.16. The molecule has 16 heavy (non-hydrogen) atoms. The maximum atomic E-state index is 9.78. The first-order valence-electron chi connectivity index (χ1n) is 5.55. The van der Waals surface area contributed by atoms with Gasteiger partial charge in [0.15, 0.2) is 0 Å². The first kappa shape index (κ1) is 11.5. The number of aliphatic hydroxyl groups is 2. The van der Waals surface area contributed by atoms with E-state index < -0.39 is 6.10 Å². The summed E-state index contributed by atoms with van der Waals surface area (Å²) in [5.41, 5.74) is 6.95. The molecule has 0 spiro atoms. The molecule has 0 radical (unpaired) electrons. The highest BCUT2D eigenvalue weighted by molar-refractivity contribution is 5.15. The van der Waals surface area contributed by atoms with Gasteiger partial charge in [0.2, 0.25) is 0 Å². The molecule has 0 bridgehead atoms. The largest absolute Gasteiger partial charge is 0.395 e. The highest BCUT2D eigenvalue weighted by atomic mass is 16.3. The third-order valence-corrected chi connectivity index (χ3v) is 3.16. The second kappa shape index (κ2) is 4.93. The van der Waals surface area contributed by atoms with Crippen LogP contribution in [0, 0.1) is 0 Å². The summed E-state index contributed by atoms with van der Waals surface area (Å²) in [6, 6.07) is 9.49. The van der Waals surface area contributed by atoms with Crippen LogP contribution < -0.4 is 5.73 Å². The topological polar surface area (TPSA) is 69.7 Å². The molecule has 1 heterocycles. The van der Waals surface area contributed by atoms with Crippen LogP contribution in [-0.2, 0) is 6.54 Å². The molecule has 3 atom stereocenters. The predicted octanol–water partition coefficient (Wildman–Crippen LogP) is -0.449. The molecule has 2 rings (SSSR count). The van der Waals surface area contributed by atoms with Crippen LogP contribution in [0.1, 0.15) is 5.56 Å². The van der Waals surface area contributed by atoms with Crippen molar-refractivity contribution in [2.75, 3.05) is 13.2 Å². The van der Waals surface area contributed by atoms with Gasteiger partial charge < -0.3 is 15.9 Å². The molecule has 4 N–H and O–H groups in total. The molecule has 1 fully saturated rings. The summed E-state index contributed by atoms with van der Waals surface area (Å²) >= 11 is 0. The molecule has 0 unspecified atom stereocenters. The Morgan fingerprint density at radius 3 is 2.62 bits per heavy atom. The van der Waals surface area contributed by atoms with E-state index in [1.54, 1.807) is 0 Å².